The highest BCUT2D eigenvalue weighted by Crippen LogP contribution is 2.15. The molecule has 1 aromatic rings. The van der Waals surface area contributed by atoms with Gasteiger partial charge in [-0.25, -0.2) is 4.98 Å². The molecule has 0 aliphatic rings. The van der Waals surface area contributed by atoms with Gasteiger partial charge in [0.25, 0.3) is 0 Å². The molecule has 5 heteroatoms. The number of carbonyl (C=O) groups is 1. The molecule has 0 amide bonds. The molecule has 0 spiro atoms. The van der Waals surface area contributed by atoms with Gasteiger partial charge < -0.3 is 16.2 Å². The number of aryl methyl sites for hydroxylation is 1. The standard InChI is InChI=1S/C9H13N3O2/c1-6-4-7(10)9(12-5-6)11-3-2-8(13)14/h4-5H,2-3,10H2,1H3,(H,11,12)(H,13,14). The SMILES string of the molecule is Cc1cnc(NCCC(=O)O)c(N)c1. The smallest absolute Gasteiger partial charge is 0.305 e. The van der Waals surface area contributed by atoms with Crippen molar-refractivity contribution in [1.29, 1.82) is 0 Å². The van der Waals surface area contributed by atoms with E-state index in [9.17, 15) is 4.79 Å². The Morgan fingerprint density at radius 2 is 2.43 bits per heavy atom. The van der Waals surface area contributed by atoms with Crippen LogP contribution in [0.4, 0.5) is 11.5 Å². The number of nitrogens with two attached hydrogens (primary N) is 1. The molecule has 1 aromatic heterocycles. The molecule has 0 saturated heterocycles. The second-order valence-corrected chi connectivity index (χ2v) is 3.02. The first-order chi connectivity index (χ1) is 6.59. The fourth-order valence-corrected chi connectivity index (χ4v) is 1.03. The second-order valence-electron chi connectivity index (χ2n) is 3.02. The van der Waals surface area contributed by atoms with Gasteiger partial charge in [-0.2, -0.15) is 0 Å². The number of nitrogens with one attached hydrogen (secondary N) is 1. The van der Waals surface area contributed by atoms with Gasteiger partial charge in [-0.1, -0.05) is 0 Å². The van der Waals surface area contributed by atoms with Crippen LogP contribution in [0, 0.1) is 6.92 Å². The molecule has 0 radical (unpaired) electrons. The fraction of sp³-hybridized carbons (Fsp3) is 0.333. The number of nitrogen functional groups attached to an aromatic ring is 1. The lowest BCUT2D eigenvalue weighted by molar-refractivity contribution is -0.136. The van der Waals surface area contributed by atoms with Crippen LogP contribution < -0.4 is 11.1 Å². The molecule has 1 rings (SSSR count). The number of anilines is 2. The first-order valence-electron chi connectivity index (χ1n) is 4.27. The Labute approximate surface area is 82.0 Å². The predicted molar refractivity (Wildman–Crippen MR) is 54.1 cm³/mol. The van der Waals surface area contributed by atoms with Gasteiger partial charge in [0, 0.05) is 12.7 Å². The van der Waals surface area contributed by atoms with E-state index in [2.05, 4.69) is 10.3 Å². The van der Waals surface area contributed by atoms with Crippen molar-refractivity contribution in [2.75, 3.05) is 17.6 Å². The number of nitrogens with zero attached hydrogens (tertiary/aromatic N) is 1. The van der Waals surface area contributed by atoms with Crippen molar-refractivity contribution in [1.82, 2.24) is 4.98 Å². The first kappa shape index (κ1) is 10.3. The molecule has 0 aliphatic heterocycles. The van der Waals surface area contributed by atoms with E-state index in [1.54, 1.807) is 12.3 Å². The predicted octanol–water partition coefficient (Wildman–Crippen LogP) is 0.859. The van der Waals surface area contributed by atoms with Crippen molar-refractivity contribution in [3.8, 4) is 0 Å². The Bertz CT molecular complexity index is 339. The Kier molecular flexibility index (Phi) is 3.28. The lowest BCUT2D eigenvalue weighted by Gasteiger charge is -2.06. The van der Waals surface area contributed by atoms with Gasteiger partial charge in [-0.15, -0.1) is 0 Å². The average molecular weight is 195 g/mol. The average Bonchev–Trinajstić information content (AvgIpc) is 2.08. The molecule has 14 heavy (non-hydrogen) atoms. The highest BCUT2D eigenvalue weighted by Gasteiger charge is 2.01. The van der Waals surface area contributed by atoms with E-state index in [0.717, 1.165) is 5.56 Å². The molecule has 5 nitrogen and oxygen atoms in total. The summed E-state index contributed by atoms with van der Waals surface area (Å²) >= 11 is 0. The fourth-order valence-electron chi connectivity index (χ4n) is 1.03. The molecule has 0 atom stereocenters. The van der Waals surface area contributed by atoms with Gasteiger partial charge in [0.2, 0.25) is 0 Å². The summed E-state index contributed by atoms with van der Waals surface area (Å²) < 4.78 is 0. The Morgan fingerprint density at radius 1 is 1.71 bits per heavy atom. The molecular weight excluding hydrogens is 182 g/mol. The molecule has 76 valence electrons. The number of hydrogen-bond donors (Lipinski definition) is 3. The normalized spacial score (nSPS) is 9.79. The van der Waals surface area contributed by atoms with Crippen LogP contribution in [0.25, 0.3) is 0 Å². The maximum absolute atomic E-state index is 10.2. The molecular formula is C9H13N3O2. The third-order valence-electron chi connectivity index (χ3n) is 1.69. The van der Waals surface area contributed by atoms with Crippen LogP contribution in [0.3, 0.4) is 0 Å². The minimum absolute atomic E-state index is 0.0506. The number of aromatic nitrogens is 1. The monoisotopic (exact) mass is 195 g/mol. The summed E-state index contributed by atoms with van der Waals surface area (Å²) in [6.07, 6.45) is 1.73. The summed E-state index contributed by atoms with van der Waals surface area (Å²) in [6.45, 7) is 2.22. The third-order valence-corrected chi connectivity index (χ3v) is 1.69. The van der Waals surface area contributed by atoms with E-state index in [4.69, 9.17) is 10.8 Å². The lowest BCUT2D eigenvalue weighted by atomic mass is 10.3. The Balaban J connectivity index is 2.55. The van der Waals surface area contributed by atoms with Gasteiger partial charge >= 0.3 is 5.97 Å². The van der Waals surface area contributed by atoms with Crippen LogP contribution in [0.15, 0.2) is 12.3 Å². The molecule has 0 aliphatic carbocycles. The summed E-state index contributed by atoms with van der Waals surface area (Å²) in [5.74, 6) is -0.306. The maximum Gasteiger partial charge on any atom is 0.305 e. The van der Waals surface area contributed by atoms with Gasteiger partial charge in [-0.05, 0) is 18.6 Å². The van der Waals surface area contributed by atoms with Crippen LogP contribution in [-0.4, -0.2) is 22.6 Å². The Hall–Kier alpha value is -1.78. The number of carboxylic acid groups (broad SMARTS) is 1. The van der Waals surface area contributed by atoms with Crippen LogP contribution in [-0.2, 0) is 4.79 Å². The topological polar surface area (TPSA) is 88.2 Å². The van der Waals surface area contributed by atoms with Crippen LogP contribution in [0.5, 0.6) is 0 Å². The summed E-state index contributed by atoms with van der Waals surface area (Å²) in [5.41, 5.74) is 7.18. The van der Waals surface area contributed by atoms with Gasteiger partial charge in [-0.3, -0.25) is 4.79 Å². The maximum atomic E-state index is 10.2. The minimum atomic E-state index is -0.844. The molecule has 4 N–H and O–H groups in total. The molecule has 0 unspecified atom stereocenters. The molecule has 0 fully saturated rings. The molecule has 0 bridgehead atoms. The Morgan fingerprint density at radius 3 is 3.00 bits per heavy atom. The quantitative estimate of drug-likeness (QED) is 0.663. The van der Waals surface area contributed by atoms with Gasteiger partial charge in [0.1, 0.15) is 5.82 Å². The highest BCUT2D eigenvalue weighted by molar-refractivity contribution is 5.68. The summed E-state index contributed by atoms with van der Waals surface area (Å²) in [7, 11) is 0. The van der Waals surface area contributed by atoms with E-state index < -0.39 is 5.97 Å². The van der Waals surface area contributed by atoms with E-state index in [0.29, 0.717) is 18.1 Å². The highest BCUT2D eigenvalue weighted by atomic mass is 16.4. The summed E-state index contributed by atoms with van der Waals surface area (Å²) in [6, 6.07) is 1.79. The van der Waals surface area contributed by atoms with Crippen molar-refractivity contribution >= 4 is 17.5 Å². The van der Waals surface area contributed by atoms with Crippen LogP contribution in [0.1, 0.15) is 12.0 Å². The van der Waals surface area contributed by atoms with Gasteiger partial charge in [0.05, 0.1) is 12.1 Å². The second kappa shape index (κ2) is 4.45. The van der Waals surface area contributed by atoms with Crippen molar-refractivity contribution in [2.24, 2.45) is 0 Å². The number of hydrogen-bond acceptors (Lipinski definition) is 4. The third kappa shape index (κ3) is 2.93. The number of rotatable bonds is 4. The van der Waals surface area contributed by atoms with E-state index in [1.807, 2.05) is 6.92 Å². The largest absolute Gasteiger partial charge is 0.481 e. The van der Waals surface area contributed by atoms with Crippen molar-refractivity contribution in [3.63, 3.8) is 0 Å². The minimum Gasteiger partial charge on any atom is -0.481 e. The molecule has 0 aromatic carbocycles. The zero-order valence-corrected chi connectivity index (χ0v) is 7.95. The van der Waals surface area contributed by atoms with E-state index in [1.165, 1.54) is 0 Å². The molecule has 1 heterocycles. The lowest BCUT2D eigenvalue weighted by Crippen LogP contribution is -2.10. The first-order valence-corrected chi connectivity index (χ1v) is 4.27. The van der Waals surface area contributed by atoms with E-state index in [-0.39, 0.29) is 6.42 Å². The zero-order valence-electron chi connectivity index (χ0n) is 7.95. The number of pyridine rings is 1. The number of aliphatic carboxylic acids is 1. The number of carboxylic acids is 1. The van der Waals surface area contributed by atoms with Crippen molar-refractivity contribution in [3.05, 3.63) is 17.8 Å². The van der Waals surface area contributed by atoms with E-state index >= 15 is 0 Å². The zero-order chi connectivity index (χ0) is 10.6. The van der Waals surface area contributed by atoms with Crippen molar-refractivity contribution < 1.29 is 9.90 Å². The summed E-state index contributed by atoms with van der Waals surface area (Å²) in [5, 5.41) is 11.3. The van der Waals surface area contributed by atoms with Gasteiger partial charge in [0.15, 0.2) is 0 Å². The van der Waals surface area contributed by atoms with Crippen LogP contribution in [0.2, 0.25) is 0 Å². The molecule has 0 saturated carbocycles. The van der Waals surface area contributed by atoms with Crippen molar-refractivity contribution in [2.45, 2.75) is 13.3 Å². The summed E-state index contributed by atoms with van der Waals surface area (Å²) in [4.78, 5) is 14.3. The van der Waals surface area contributed by atoms with Crippen LogP contribution >= 0.6 is 0 Å².